The molecule has 0 aromatic rings. The average Bonchev–Trinajstić information content (AvgIpc) is 2.73. The summed E-state index contributed by atoms with van der Waals surface area (Å²) >= 11 is 0. The fourth-order valence-electron chi connectivity index (χ4n) is 3.08. The fraction of sp³-hybridized carbons (Fsp3) is 0.917. The van der Waals surface area contributed by atoms with Crippen molar-refractivity contribution in [1.29, 1.82) is 0 Å². The Bertz CT molecular complexity index is 257. The molecule has 3 nitrogen and oxygen atoms in total. The van der Waals surface area contributed by atoms with Gasteiger partial charge in [-0.3, -0.25) is 4.79 Å². The van der Waals surface area contributed by atoms with E-state index < -0.39 is 5.54 Å². The number of carbonyl (C=O) groups excluding carboxylic acids is 1. The number of amides is 1. The monoisotopic (exact) mass is 210 g/mol. The molecule has 0 heterocycles. The molecule has 0 radical (unpaired) electrons. The Morgan fingerprint density at radius 3 is 2.60 bits per heavy atom. The minimum absolute atomic E-state index is 0.0229. The van der Waals surface area contributed by atoms with Gasteiger partial charge in [-0.1, -0.05) is 6.42 Å². The Hall–Kier alpha value is -0.570. The minimum atomic E-state index is -0.738. The summed E-state index contributed by atoms with van der Waals surface area (Å²) in [7, 11) is 0. The highest BCUT2D eigenvalue weighted by Crippen LogP contribution is 2.47. The highest BCUT2D eigenvalue weighted by Gasteiger charge is 2.39. The lowest BCUT2D eigenvalue weighted by Crippen LogP contribution is -2.50. The molecule has 0 aromatic carbocycles. The molecule has 0 aromatic heterocycles. The van der Waals surface area contributed by atoms with Crippen molar-refractivity contribution in [2.24, 2.45) is 23.5 Å². The van der Waals surface area contributed by atoms with Crippen molar-refractivity contribution in [2.75, 3.05) is 6.54 Å². The molecule has 0 spiro atoms. The standard InChI is InChI=1S/C12H22N2O/c1-12(2,13)11(15)14-7-10-6-8-3-4-9(10)5-8/h8-10H,3-7,13H2,1-2H3,(H,14,15). The van der Waals surface area contributed by atoms with Gasteiger partial charge in [-0.2, -0.15) is 0 Å². The van der Waals surface area contributed by atoms with Crippen molar-refractivity contribution < 1.29 is 4.79 Å². The average molecular weight is 210 g/mol. The summed E-state index contributed by atoms with van der Waals surface area (Å²) in [6.45, 7) is 4.34. The second kappa shape index (κ2) is 3.78. The molecule has 2 rings (SSSR count). The Morgan fingerprint density at radius 1 is 1.40 bits per heavy atom. The molecular weight excluding hydrogens is 188 g/mol. The van der Waals surface area contributed by atoms with Crippen LogP contribution < -0.4 is 11.1 Å². The molecule has 3 heteroatoms. The molecule has 2 aliphatic rings. The van der Waals surface area contributed by atoms with Gasteiger partial charge in [0.05, 0.1) is 5.54 Å². The van der Waals surface area contributed by atoms with E-state index in [0.717, 1.165) is 24.3 Å². The van der Waals surface area contributed by atoms with E-state index in [4.69, 9.17) is 5.73 Å². The first-order valence-corrected chi connectivity index (χ1v) is 6.04. The summed E-state index contributed by atoms with van der Waals surface area (Å²) in [5, 5.41) is 2.99. The summed E-state index contributed by atoms with van der Waals surface area (Å²) in [4.78, 5) is 11.6. The SMILES string of the molecule is CC(C)(N)C(=O)NCC1CC2CCC1C2. The van der Waals surface area contributed by atoms with Crippen molar-refractivity contribution in [1.82, 2.24) is 5.32 Å². The Labute approximate surface area is 91.8 Å². The number of hydrogen-bond acceptors (Lipinski definition) is 2. The van der Waals surface area contributed by atoms with Crippen molar-refractivity contribution in [3.05, 3.63) is 0 Å². The van der Waals surface area contributed by atoms with E-state index in [1.807, 2.05) is 0 Å². The summed E-state index contributed by atoms with van der Waals surface area (Å²) in [6.07, 6.45) is 5.50. The maximum absolute atomic E-state index is 11.6. The van der Waals surface area contributed by atoms with Crippen LogP contribution in [0.1, 0.15) is 39.5 Å². The lowest BCUT2D eigenvalue weighted by atomic mass is 9.88. The Balaban J connectivity index is 1.77. The molecule has 3 atom stereocenters. The third-order valence-electron chi connectivity index (χ3n) is 3.99. The van der Waals surface area contributed by atoms with E-state index in [2.05, 4.69) is 5.32 Å². The second-order valence-corrected chi connectivity index (χ2v) is 5.87. The van der Waals surface area contributed by atoms with E-state index in [9.17, 15) is 4.79 Å². The zero-order chi connectivity index (χ0) is 11.1. The summed E-state index contributed by atoms with van der Waals surface area (Å²) < 4.78 is 0. The third kappa shape index (κ3) is 2.33. The van der Waals surface area contributed by atoms with Crippen molar-refractivity contribution in [3.63, 3.8) is 0 Å². The van der Waals surface area contributed by atoms with Crippen LogP contribution in [0.25, 0.3) is 0 Å². The molecule has 2 aliphatic carbocycles. The van der Waals surface area contributed by atoms with Gasteiger partial charge in [-0.05, 0) is 50.9 Å². The summed E-state index contributed by atoms with van der Waals surface area (Å²) in [6, 6.07) is 0. The van der Waals surface area contributed by atoms with Crippen LogP contribution in [0.5, 0.6) is 0 Å². The van der Waals surface area contributed by atoms with Gasteiger partial charge in [0.25, 0.3) is 0 Å². The van der Waals surface area contributed by atoms with Gasteiger partial charge in [-0.25, -0.2) is 0 Å². The van der Waals surface area contributed by atoms with Crippen LogP contribution in [0.2, 0.25) is 0 Å². The number of rotatable bonds is 3. The van der Waals surface area contributed by atoms with Gasteiger partial charge in [0.2, 0.25) is 5.91 Å². The van der Waals surface area contributed by atoms with Gasteiger partial charge >= 0.3 is 0 Å². The van der Waals surface area contributed by atoms with Crippen LogP contribution in [0.3, 0.4) is 0 Å². The van der Waals surface area contributed by atoms with Crippen LogP contribution in [-0.4, -0.2) is 18.0 Å². The van der Waals surface area contributed by atoms with Crippen LogP contribution >= 0.6 is 0 Å². The topological polar surface area (TPSA) is 55.1 Å². The van der Waals surface area contributed by atoms with Crippen molar-refractivity contribution >= 4 is 5.91 Å². The van der Waals surface area contributed by atoms with Crippen LogP contribution in [0.4, 0.5) is 0 Å². The number of hydrogen-bond donors (Lipinski definition) is 2. The largest absolute Gasteiger partial charge is 0.354 e. The normalized spacial score (nSPS) is 34.5. The number of carbonyl (C=O) groups is 1. The highest BCUT2D eigenvalue weighted by molar-refractivity contribution is 5.84. The molecule has 3 unspecified atom stereocenters. The molecular formula is C12H22N2O. The van der Waals surface area contributed by atoms with Gasteiger partial charge in [0, 0.05) is 6.54 Å². The Kier molecular flexibility index (Phi) is 2.75. The fourth-order valence-corrected chi connectivity index (χ4v) is 3.08. The number of nitrogens with one attached hydrogen (secondary N) is 1. The zero-order valence-corrected chi connectivity index (χ0v) is 9.75. The molecule has 1 amide bonds. The van der Waals surface area contributed by atoms with E-state index in [0.29, 0.717) is 0 Å². The molecule has 15 heavy (non-hydrogen) atoms. The van der Waals surface area contributed by atoms with Gasteiger partial charge in [0.15, 0.2) is 0 Å². The van der Waals surface area contributed by atoms with Crippen molar-refractivity contribution in [3.8, 4) is 0 Å². The molecule has 0 aliphatic heterocycles. The number of fused-ring (bicyclic) bond motifs is 2. The van der Waals surface area contributed by atoms with Gasteiger partial charge in [0.1, 0.15) is 0 Å². The maximum Gasteiger partial charge on any atom is 0.239 e. The van der Waals surface area contributed by atoms with Crippen LogP contribution in [0.15, 0.2) is 0 Å². The second-order valence-electron chi connectivity index (χ2n) is 5.87. The van der Waals surface area contributed by atoms with Gasteiger partial charge in [-0.15, -0.1) is 0 Å². The molecule has 2 saturated carbocycles. The Morgan fingerprint density at radius 2 is 2.13 bits per heavy atom. The first-order chi connectivity index (χ1) is 6.97. The molecule has 2 fully saturated rings. The summed E-state index contributed by atoms with van der Waals surface area (Å²) in [5.74, 6) is 2.51. The quantitative estimate of drug-likeness (QED) is 0.737. The lowest BCUT2D eigenvalue weighted by Gasteiger charge is -2.24. The van der Waals surface area contributed by atoms with E-state index in [-0.39, 0.29) is 5.91 Å². The predicted molar refractivity (Wildman–Crippen MR) is 60.2 cm³/mol. The first kappa shape index (κ1) is 10.9. The van der Waals surface area contributed by atoms with E-state index in [1.165, 1.54) is 25.7 Å². The molecule has 86 valence electrons. The van der Waals surface area contributed by atoms with E-state index in [1.54, 1.807) is 13.8 Å². The lowest BCUT2D eigenvalue weighted by molar-refractivity contribution is -0.125. The predicted octanol–water partition coefficient (Wildman–Crippen LogP) is 1.28. The smallest absolute Gasteiger partial charge is 0.239 e. The van der Waals surface area contributed by atoms with Crippen LogP contribution in [0, 0.1) is 17.8 Å². The third-order valence-corrected chi connectivity index (χ3v) is 3.99. The van der Waals surface area contributed by atoms with Crippen LogP contribution in [-0.2, 0) is 4.79 Å². The minimum Gasteiger partial charge on any atom is -0.354 e. The maximum atomic E-state index is 11.6. The van der Waals surface area contributed by atoms with Crippen molar-refractivity contribution in [2.45, 2.75) is 45.1 Å². The first-order valence-electron chi connectivity index (χ1n) is 6.04. The van der Waals surface area contributed by atoms with Gasteiger partial charge < -0.3 is 11.1 Å². The zero-order valence-electron chi connectivity index (χ0n) is 9.75. The molecule has 3 N–H and O–H groups in total. The molecule has 2 bridgehead atoms. The molecule has 0 saturated heterocycles. The van der Waals surface area contributed by atoms with E-state index >= 15 is 0 Å². The summed E-state index contributed by atoms with van der Waals surface area (Å²) in [5.41, 5.74) is 4.99. The number of nitrogens with two attached hydrogens (primary N) is 1. The highest BCUT2D eigenvalue weighted by atomic mass is 16.2.